The maximum Gasteiger partial charge on any atom is 0.143 e. The van der Waals surface area contributed by atoms with Crippen molar-refractivity contribution in [1.82, 2.24) is 9.55 Å². The predicted octanol–water partition coefficient (Wildman–Crippen LogP) is 2.83. The summed E-state index contributed by atoms with van der Waals surface area (Å²) >= 11 is 6.08. The summed E-state index contributed by atoms with van der Waals surface area (Å²) in [5.74, 6) is 0. The van der Waals surface area contributed by atoms with Gasteiger partial charge in [0.25, 0.3) is 0 Å². The van der Waals surface area contributed by atoms with E-state index in [-0.39, 0.29) is 0 Å². The van der Waals surface area contributed by atoms with Gasteiger partial charge in [-0.3, -0.25) is 0 Å². The zero-order valence-electron chi connectivity index (χ0n) is 9.28. The maximum atomic E-state index is 6.08. The van der Waals surface area contributed by atoms with Gasteiger partial charge in [0.1, 0.15) is 10.8 Å². The van der Waals surface area contributed by atoms with Crippen LogP contribution in [0.3, 0.4) is 0 Å². The molecule has 3 rings (SSSR count). The number of hydrogen-bond acceptors (Lipinski definition) is 2. The molecule has 0 N–H and O–H groups in total. The number of aryl methyl sites for hydroxylation is 1. The van der Waals surface area contributed by atoms with Crippen LogP contribution in [0.4, 0.5) is 5.69 Å². The van der Waals surface area contributed by atoms with Crippen LogP contribution in [0.2, 0.25) is 5.15 Å². The molecule has 0 aromatic carbocycles. The lowest BCUT2D eigenvalue weighted by Gasteiger charge is -2.18. The van der Waals surface area contributed by atoms with Crippen LogP contribution in [-0.4, -0.2) is 22.6 Å². The SMILES string of the molecule is Cn1ccc2c(N3CCCC3)cc(Cl)nc21. The van der Waals surface area contributed by atoms with Crippen molar-refractivity contribution in [3.8, 4) is 0 Å². The van der Waals surface area contributed by atoms with E-state index in [0.717, 1.165) is 18.7 Å². The Morgan fingerprint density at radius 2 is 2.06 bits per heavy atom. The lowest BCUT2D eigenvalue weighted by molar-refractivity contribution is 0.944. The van der Waals surface area contributed by atoms with E-state index in [9.17, 15) is 0 Å². The Hall–Kier alpha value is -1.22. The summed E-state index contributed by atoms with van der Waals surface area (Å²) in [4.78, 5) is 6.77. The first kappa shape index (κ1) is 9.97. The zero-order chi connectivity index (χ0) is 11.1. The third kappa shape index (κ3) is 1.47. The number of halogens is 1. The molecule has 0 saturated carbocycles. The lowest BCUT2D eigenvalue weighted by atomic mass is 10.2. The molecule has 1 aliphatic heterocycles. The minimum atomic E-state index is 0.580. The van der Waals surface area contributed by atoms with E-state index in [4.69, 9.17) is 11.6 Å². The highest BCUT2D eigenvalue weighted by Crippen LogP contribution is 2.31. The van der Waals surface area contributed by atoms with E-state index >= 15 is 0 Å². The molecule has 2 aromatic rings. The van der Waals surface area contributed by atoms with Gasteiger partial charge >= 0.3 is 0 Å². The van der Waals surface area contributed by atoms with Gasteiger partial charge in [-0.05, 0) is 25.0 Å². The average molecular weight is 236 g/mol. The summed E-state index contributed by atoms with van der Waals surface area (Å²) < 4.78 is 2.01. The Morgan fingerprint density at radius 3 is 2.81 bits per heavy atom. The molecular formula is C12H14ClN3. The molecule has 1 saturated heterocycles. The topological polar surface area (TPSA) is 21.1 Å². The minimum Gasteiger partial charge on any atom is -0.371 e. The van der Waals surface area contributed by atoms with Crippen LogP contribution in [0.25, 0.3) is 11.0 Å². The Balaban J connectivity index is 2.21. The molecule has 84 valence electrons. The molecule has 16 heavy (non-hydrogen) atoms. The number of pyridine rings is 1. The monoisotopic (exact) mass is 235 g/mol. The molecule has 0 radical (unpaired) electrons. The molecule has 0 aliphatic carbocycles. The van der Waals surface area contributed by atoms with E-state index in [1.807, 2.05) is 23.9 Å². The smallest absolute Gasteiger partial charge is 0.143 e. The second-order valence-corrected chi connectivity index (χ2v) is 4.71. The fraction of sp³-hybridized carbons (Fsp3) is 0.417. The van der Waals surface area contributed by atoms with E-state index in [1.165, 1.54) is 23.9 Å². The van der Waals surface area contributed by atoms with E-state index in [2.05, 4.69) is 16.0 Å². The van der Waals surface area contributed by atoms with Crippen LogP contribution in [0.15, 0.2) is 18.3 Å². The lowest BCUT2D eigenvalue weighted by Crippen LogP contribution is -2.17. The van der Waals surface area contributed by atoms with E-state index in [1.54, 1.807) is 0 Å². The normalized spacial score (nSPS) is 16.2. The highest BCUT2D eigenvalue weighted by atomic mass is 35.5. The number of fused-ring (bicyclic) bond motifs is 1. The molecule has 3 nitrogen and oxygen atoms in total. The third-order valence-electron chi connectivity index (χ3n) is 3.23. The second kappa shape index (κ2) is 3.67. The summed E-state index contributed by atoms with van der Waals surface area (Å²) in [7, 11) is 2.00. The van der Waals surface area contributed by atoms with Gasteiger partial charge in [-0.2, -0.15) is 0 Å². The van der Waals surface area contributed by atoms with E-state index < -0.39 is 0 Å². The summed E-state index contributed by atoms with van der Waals surface area (Å²) in [6, 6.07) is 4.10. The summed E-state index contributed by atoms with van der Waals surface area (Å²) in [5.41, 5.74) is 2.20. The summed E-state index contributed by atoms with van der Waals surface area (Å²) in [5, 5.41) is 1.78. The van der Waals surface area contributed by atoms with Crippen molar-refractivity contribution in [1.29, 1.82) is 0 Å². The van der Waals surface area contributed by atoms with Crippen molar-refractivity contribution >= 4 is 28.3 Å². The predicted molar refractivity (Wildman–Crippen MR) is 67.2 cm³/mol. The van der Waals surface area contributed by atoms with Crippen molar-refractivity contribution in [2.45, 2.75) is 12.8 Å². The van der Waals surface area contributed by atoms with Crippen LogP contribution in [0, 0.1) is 0 Å². The molecule has 2 aromatic heterocycles. The molecule has 0 bridgehead atoms. The fourth-order valence-corrected chi connectivity index (χ4v) is 2.59. The molecule has 0 unspecified atom stereocenters. The molecule has 0 atom stereocenters. The molecule has 4 heteroatoms. The Kier molecular flexibility index (Phi) is 2.28. The van der Waals surface area contributed by atoms with Gasteiger partial charge in [-0.15, -0.1) is 0 Å². The van der Waals surface area contributed by atoms with Gasteiger partial charge in [0.2, 0.25) is 0 Å². The number of nitrogens with zero attached hydrogens (tertiary/aromatic N) is 3. The number of hydrogen-bond donors (Lipinski definition) is 0. The summed E-state index contributed by atoms with van der Waals surface area (Å²) in [6.07, 6.45) is 4.58. The van der Waals surface area contributed by atoms with Crippen LogP contribution in [0.5, 0.6) is 0 Å². The van der Waals surface area contributed by atoms with Gasteiger partial charge < -0.3 is 9.47 Å². The third-order valence-corrected chi connectivity index (χ3v) is 3.42. The highest BCUT2D eigenvalue weighted by Gasteiger charge is 2.17. The molecule has 0 amide bonds. The van der Waals surface area contributed by atoms with E-state index in [0.29, 0.717) is 5.15 Å². The van der Waals surface area contributed by atoms with Gasteiger partial charge in [-0.25, -0.2) is 4.98 Å². The Morgan fingerprint density at radius 1 is 1.31 bits per heavy atom. The van der Waals surface area contributed by atoms with Crippen LogP contribution in [0.1, 0.15) is 12.8 Å². The Labute approximate surface area is 99.6 Å². The largest absolute Gasteiger partial charge is 0.371 e. The zero-order valence-corrected chi connectivity index (χ0v) is 10.0. The number of aromatic nitrogens is 2. The molecule has 1 aliphatic rings. The van der Waals surface area contributed by atoms with Crippen molar-refractivity contribution in [2.75, 3.05) is 18.0 Å². The fourth-order valence-electron chi connectivity index (χ4n) is 2.40. The highest BCUT2D eigenvalue weighted by molar-refractivity contribution is 6.30. The van der Waals surface area contributed by atoms with Crippen molar-refractivity contribution < 1.29 is 0 Å². The van der Waals surface area contributed by atoms with Crippen LogP contribution < -0.4 is 4.90 Å². The average Bonchev–Trinajstić information content (AvgIpc) is 2.88. The van der Waals surface area contributed by atoms with Gasteiger partial charge in [0, 0.05) is 31.7 Å². The molecule has 0 spiro atoms. The van der Waals surface area contributed by atoms with Crippen LogP contribution >= 0.6 is 11.6 Å². The molecule has 1 fully saturated rings. The Bertz CT molecular complexity index is 526. The van der Waals surface area contributed by atoms with Gasteiger partial charge in [0.15, 0.2) is 0 Å². The van der Waals surface area contributed by atoms with Gasteiger partial charge in [0.05, 0.1) is 5.69 Å². The van der Waals surface area contributed by atoms with Gasteiger partial charge in [-0.1, -0.05) is 11.6 Å². The first-order valence-corrected chi connectivity index (χ1v) is 6.00. The van der Waals surface area contributed by atoms with Crippen molar-refractivity contribution in [2.24, 2.45) is 7.05 Å². The first-order valence-electron chi connectivity index (χ1n) is 5.62. The number of anilines is 1. The van der Waals surface area contributed by atoms with Crippen LogP contribution in [-0.2, 0) is 7.05 Å². The van der Waals surface area contributed by atoms with Crippen molar-refractivity contribution in [3.05, 3.63) is 23.5 Å². The number of rotatable bonds is 1. The van der Waals surface area contributed by atoms with Crippen molar-refractivity contribution in [3.63, 3.8) is 0 Å². The molecular weight excluding hydrogens is 222 g/mol. The maximum absolute atomic E-state index is 6.08. The summed E-state index contributed by atoms with van der Waals surface area (Å²) in [6.45, 7) is 2.26. The standard InChI is InChI=1S/C12H14ClN3/c1-15-7-4-9-10(16-5-2-3-6-16)8-11(13)14-12(9)15/h4,7-8H,2-3,5-6H2,1H3. The quantitative estimate of drug-likeness (QED) is 0.709. The minimum absolute atomic E-state index is 0.580. The first-order chi connectivity index (χ1) is 7.75. The molecule has 3 heterocycles. The second-order valence-electron chi connectivity index (χ2n) is 4.32.